The van der Waals surface area contributed by atoms with E-state index in [1.165, 1.54) is 16.5 Å². The number of aromatic nitrogens is 1. The molecule has 5 heteroatoms. The van der Waals surface area contributed by atoms with Gasteiger partial charge in [0, 0.05) is 27.1 Å². The molecule has 2 aromatic heterocycles. The van der Waals surface area contributed by atoms with Crippen LogP contribution >= 0.6 is 0 Å². The van der Waals surface area contributed by atoms with Gasteiger partial charge in [0.2, 0.25) is 5.96 Å². The number of rotatable bonds is 4. The average molecular weight is 643 g/mol. The molecule has 9 aromatic rings. The van der Waals surface area contributed by atoms with E-state index in [1.807, 2.05) is 18.2 Å². The number of benzene rings is 7. The predicted octanol–water partition coefficient (Wildman–Crippen LogP) is 11.0. The first kappa shape index (κ1) is 28.3. The van der Waals surface area contributed by atoms with Gasteiger partial charge in [-0.05, 0) is 70.3 Å². The molecule has 1 unspecified atom stereocenters. The van der Waals surface area contributed by atoms with Gasteiger partial charge in [-0.25, -0.2) is 4.99 Å². The number of aliphatic imine (C=N–C) groups is 2. The van der Waals surface area contributed by atoms with E-state index in [1.54, 1.807) is 0 Å². The Morgan fingerprint density at radius 3 is 2.02 bits per heavy atom. The summed E-state index contributed by atoms with van der Waals surface area (Å²) in [6.45, 7) is 0. The highest BCUT2D eigenvalue weighted by molar-refractivity contribution is 6.21. The maximum atomic E-state index is 6.38. The maximum absolute atomic E-state index is 6.38. The van der Waals surface area contributed by atoms with Crippen molar-refractivity contribution in [2.24, 2.45) is 9.98 Å². The monoisotopic (exact) mass is 642 g/mol. The van der Waals surface area contributed by atoms with Crippen molar-refractivity contribution < 1.29 is 4.42 Å². The summed E-state index contributed by atoms with van der Waals surface area (Å²) in [7, 11) is 0. The Hall–Kier alpha value is -6.72. The normalized spacial score (nSPS) is 14.6. The Labute approximate surface area is 288 Å². The molecule has 236 valence electrons. The highest BCUT2D eigenvalue weighted by atomic mass is 16.3. The van der Waals surface area contributed by atoms with E-state index in [0.717, 1.165) is 66.4 Å². The Balaban J connectivity index is 1.16. The number of hydrogen-bond acceptors (Lipinski definition) is 4. The summed E-state index contributed by atoms with van der Waals surface area (Å²) >= 11 is 0. The lowest BCUT2D eigenvalue weighted by Gasteiger charge is -2.24. The molecule has 1 aliphatic heterocycles. The fraction of sp³-hybridized carbons (Fsp3) is 0.0222. The van der Waals surface area contributed by atoms with Crippen LogP contribution in [0.2, 0.25) is 0 Å². The van der Waals surface area contributed by atoms with Crippen molar-refractivity contribution in [2.45, 2.75) is 6.17 Å². The van der Waals surface area contributed by atoms with Gasteiger partial charge in [-0.15, -0.1) is 0 Å². The molecular formula is C45H30N4O. The molecular weight excluding hydrogens is 613 g/mol. The van der Waals surface area contributed by atoms with Gasteiger partial charge < -0.3 is 9.73 Å². The van der Waals surface area contributed by atoms with Crippen molar-refractivity contribution >= 4 is 55.5 Å². The van der Waals surface area contributed by atoms with Gasteiger partial charge in [0.25, 0.3) is 0 Å². The number of furan rings is 1. The Kier molecular flexibility index (Phi) is 6.49. The number of fused-ring (bicyclic) bond motifs is 6. The van der Waals surface area contributed by atoms with Crippen LogP contribution in [0.4, 0.5) is 0 Å². The Morgan fingerprint density at radius 1 is 0.500 bits per heavy atom. The molecule has 0 aliphatic carbocycles. The van der Waals surface area contributed by atoms with Crippen LogP contribution in [0.25, 0.3) is 66.0 Å². The van der Waals surface area contributed by atoms with E-state index in [2.05, 4.69) is 162 Å². The molecule has 0 fully saturated rings. The average Bonchev–Trinajstić information content (AvgIpc) is 3.74. The zero-order valence-electron chi connectivity index (χ0n) is 27.0. The van der Waals surface area contributed by atoms with Gasteiger partial charge in [0.15, 0.2) is 0 Å². The van der Waals surface area contributed by atoms with Crippen LogP contribution in [-0.4, -0.2) is 16.4 Å². The van der Waals surface area contributed by atoms with Gasteiger partial charge in [-0.2, -0.15) is 4.99 Å². The molecule has 7 aromatic carbocycles. The zero-order chi connectivity index (χ0) is 33.0. The van der Waals surface area contributed by atoms with E-state index in [9.17, 15) is 0 Å². The molecule has 0 saturated carbocycles. The van der Waals surface area contributed by atoms with E-state index >= 15 is 0 Å². The summed E-state index contributed by atoms with van der Waals surface area (Å²) in [5.41, 5.74) is 10.5. The molecule has 0 saturated heterocycles. The van der Waals surface area contributed by atoms with Gasteiger partial charge in [0.05, 0.1) is 11.0 Å². The third-order valence-corrected chi connectivity index (χ3v) is 9.68. The number of nitrogens with one attached hydrogen (secondary N) is 1. The summed E-state index contributed by atoms with van der Waals surface area (Å²) in [6, 6.07) is 59.1. The second-order valence-corrected chi connectivity index (χ2v) is 12.7. The standard InChI is InChI=1S/C45H30N4O/c1-4-13-29(14-5-1)32-23-25-35-37-27-33(24-26-40(37)50-41(35)28-32)44-46-43(31-17-8-3-9-18-31)47-45(48-44)49-38-21-11-10-19-36(38)42-34(20-12-22-39(42)49)30-15-6-2-7-16-30/h1-28,43H,(H,46,47,48). The van der Waals surface area contributed by atoms with Crippen LogP contribution in [0, 0.1) is 0 Å². The Morgan fingerprint density at radius 2 is 1.20 bits per heavy atom. The molecule has 1 atom stereocenters. The van der Waals surface area contributed by atoms with Gasteiger partial charge in [0.1, 0.15) is 23.2 Å². The van der Waals surface area contributed by atoms with Crippen LogP contribution in [0.1, 0.15) is 17.3 Å². The number of amidine groups is 1. The van der Waals surface area contributed by atoms with Gasteiger partial charge in [-0.1, -0.05) is 127 Å². The molecule has 50 heavy (non-hydrogen) atoms. The lowest BCUT2D eigenvalue weighted by molar-refractivity contribution is 0.667. The highest BCUT2D eigenvalue weighted by Gasteiger charge is 2.25. The van der Waals surface area contributed by atoms with Crippen molar-refractivity contribution in [3.05, 3.63) is 181 Å². The van der Waals surface area contributed by atoms with Crippen molar-refractivity contribution in [3.8, 4) is 22.3 Å². The number of nitrogens with zero attached hydrogens (tertiary/aromatic N) is 3. The van der Waals surface area contributed by atoms with Crippen molar-refractivity contribution in [1.82, 2.24) is 9.88 Å². The summed E-state index contributed by atoms with van der Waals surface area (Å²) < 4.78 is 8.60. The third kappa shape index (κ3) is 4.63. The molecule has 5 nitrogen and oxygen atoms in total. The second kappa shape index (κ2) is 11.5. The van der Waals surface area contributed by atoms with Crippen molar-refractivity contribution in [2.75, 3.05) is 0 Å². The lowest BCUT2D eigenvalue weighted by Crippen LogP contribution is -2.35. The van der Waals surface area contributed by atoms with E-state index < -0.39 is 0 Å². The minimum atomic E-state index is -0.336. The van der Waals surface area contributed by atoms with E-state index in [4.69, 9.17) is 14.4 Å². The zero-order valence-corrected chi connectivity index (χ0v) is 27.0. The smallest absolute Gasteiger partial charge is 0.234 e. The van der Waals surface area contributed by atoms with Gasteiger partial charge >= 0.3 is 0 Å². The van der Waals surface area contributed by atoms with Gasteiger partial charge in [-0.3, -0.25) is 4.57 Å². The first-order valence-electron chi connectivity index (χ1n) is 16.9. The molecule has 0 spiro atoms. The van der Waals surface area contributed by atoms with Crippen molar-refractivity contribution in [1.29, 1.82) is 0 Å². The quantitative estimate of drug-likeness (QED) is 0.208. The summed E-state index contributed by atoms with van der Waals surface area (Å²) in [5, 5.41) is 8.13. The Bertz CT molecular complexity index is 2780. The molecule has 1 aliphatic rings. The maximum Gasteiger partial charge on any atom is 0.234 e. The summed E-state index contributed by atoms with van der Waals surface area (Å²) in [6.07, 6.45) is -0.336. The molecule has 0 bridgehead atoms. The highest BCUT2D eigenvalue weighted by Crippen LogP contribution is 2.38. The van der Waals surface area contributed by atoms with Crippen LogP contribution in [0.15, 0.2) is 184 Å². The summed E-state index contributed by atoms with van der Waals surface area (Å²) in [5.74, 6) is 1.39. The fourth-order valence-corrected chi connectivity index (χ4v) is 7.31. The first-order chi connectivity index (χ1) is 24.8. The largest absolute Gasteiger partial charge is 0.456 e. The SMILES string of the molecule is c1ccc(-c2ccc3c(c2)oc2ccc(C4=NC(n5c6ccccc6c6c(-c7ccccc7)cccc65)=NC(c5ccccc5)N4)cc23)cc1. The minimum absolute atomic E-state index is 0.336. The lowest BCUT2D eigenvalue weighted by atomic mass is 9.99. The number of hydrogen-bond donors (Lipinski definition) is 1. The molecule has 0 amide bonds. The fourth-order valence-electron chi connectivity index (χ4n) is 7.31. The van der Waals surface area contributed by atoms with Crippen LogP contribution in [-0.2, 0) is 0 Å². The van der Waals surface area contributed by atoms with Crippen LogP contribution < -0.4 is 5.32 Å². The minimum Gasteiger partial charge on any atom is -0.456 e. The van der Waals surface area contributed by atoms with Crippen LogP contribution in [0.3, 0.4) is 0 Å². The third-order valence-electron chi connectivity index (χ3n) is 9.68. The van der Waals surface area contributed by atoms with E-state index in [0.29, 0.717) is 5.96 Å². The predicted molar refractivity (Wildman–Crippen MR) is 206 cm³/mol. The topological polar surface area (TPSA) is 54.8 Å². The molecule has 1 N–H and O–H groups in total. The molecule has 10 rings (SSSR count). The molecule has 3 heterocycles. The first-order valence-corrected chi connectivity index (χ1v) is 16.9. The van der Waals surface area contributed by atoms with Crippen LogP contribution in [0.5, 0.6) is 0 Å². The molecule has 0 radical (unpaired) electrons. The second-order valence-electron chi connectivity index (χ2n) is 12.7. The number of para-hydroxylation sites is 1. The van der Waals surface area contributed by atoms with Crippen molar-refractivity contribution in [3.63, 3.8) is 0 Å². The summed E-state index contributed by atoms with van der Waals surface area (Å²) in [4.78, 5) is 10.6. The van der Waals surface area contributed by atoms with E-state index in [-0.39, 0.29) is 6.17 Å².